The summed E-state index contributed by atoms with van der Waals surface area (Å²) in [5.74, 6) is -1.87. The van der Waals surface area contributed by atoms with Gasteiger partial charge in [-0.1, -0.05) is 11.2 Å². The summed E-state index contributed by atoms with van der Waals surface area (Å²) >= 11 is 0. The second-order valence-electron chi connectivity index (χ2n) is 4.27. The molecule has 0 saturated carbocycles. The van der Waals surface area contributed by atoms with Crippen LogP contribution in [-0.2, 0) is 6.54 Å². The number of nitrogens with zero attached hydrogens (tertiary/aromatic N) is 1. The van der Waals surface area contributed by atoms with E-state index in [9.17, 15) is 13.2 Å². The quantitative estimate of drug-likeness (QED) is 0.790. The fraction of sp³-hybridized carbons (Fsp3) is 0.0714. The Balaban J connectivity index is 1.83. The number of hydrogen-bond acceptors (Lipinski definition) is 3. The molecule has 0 radical (unpaired) electrons. The van der Waals surface area contributed by atoms with Gasteiger partial charge in [-0.3, -0.25) is 0 Å². The number of benzene rings is 2. The zero-order chi connectivity index (χ0) is 14.1. The van der Waals surface area contributed by atoms with Gasteiger partial charge in [0.2, 0.25) is 0 Å². The predicted octanol–water partition coefficient (Wildman–Crippen LogP) is 3.86. The Bertz CT molecular complexity index is 770. The van der Waals surface area contributed by atoms with Crippen LogP contribution in [0.1, 0.15) is 5.56 Å². The summed E-state index contributed by atoms with van der Waals surface area (Å²) in [6.07, 6.45) is 0. The number of aromatic nitrogens is 1. The Kier molecular flexibility index (Phi) is 3.06. The molecule has 1 aromatic heterocycles. The first-order chi connectivity index (χ1) is 9.63. The Hall–Kier alpha value is -2.50. The molecule has 20 heavy (non-hydrogen) atoms. The first kappa shape index (κ1) is 12.5. The summed E-state index contributed by atoms with van der Waals surface area (Å²) < 4.78 is 44.1. The molecule has 0 aliphatic heterocycles. The van der Waals surface area contributed by atoms with Crippen LogP contribution < -0.4 is 5.32 Å². The lowest BCUT2D eigenvalue weighted by atomic mass is 10.2. The van der Waals surface area contributed by atoms with Crippen LogP contribution in [0.3, 0.4) is 0 Å². The van der Waals surface area contributed by atoms with Crippen molar-refractivity contribution in [2.24, 2.45) is 0 Å². The van der Waals surface area contributed by atoms with Crippen LogP contribution in [0.5, 0.6) is 0 Å². The van der Waals surface area contributed by atoms with Crippen molar-refractivity contribution in [2.45, 2.75) is 6.54 Å². The smallest absolute Gasteiger partial charge is 0.177 e. The van der Waals surface area contributed by atoms with Crippen LogP contribution in [0.4, 0.5) is 19.0 Å². The number of anilines is 1. The van der Waals surface area contributed by atoms with Gasteiger partial charge in [0.05, 0.1) is 5.39 Å². The van der Waals surface area contributed by atoms with Crippen LogP contribution >= 0.6 is 0 Å². The van der Waals surface area contributed by atoms with Crippen molar-refractivity contribution in [3.8, 4) is 0 Å². The Labute approximate surface area is 112 Å². The van der Waals surface area contributed by atoms with E-state index >= 15 is 0 Å². The van der Waals surface area contributed by atoms with E-state index in [1.807, 2.05) is 0 Å². The fourth-order valence-corrected chi connectivity index (χ4v) is 1.87. The van der Waals surface area contributed by atoms with E-state index in [1.165, 1.54) is 24.3 Å². The lowest BCUT2D eigenvalue weighted by molar-refractivity contribution is 0.459. The SMILES string of the molecule is Fc1ccc2onc(NCc3ccc(F)c(F)c3)c2c1. The molecule has 0 unspecified atom stereocenters. The highest BCUT2D eigenvalue weighted by molar-refractivity contribution is 5.87. The number of halogens is 3. The summed E-state index contributed by atoms with van der Waals surface area (Å²) in [4.78, 5) is 0. The molecule has 0 bridgehead atoms. The van der Waals surface area contributed by atoms with E-state index in [0.717, 1.165) is 12.1 Å². The minimum absolute atomic E-state index is 0.218. The van der Waals surface area contributed by atoms with E-state index < -0.39 is 17.5 Å². The lowest BCUT2D eigenvalue weighted by Gasteiger charge is -2.03. The molecule has 3 aromatic rings. The molecule has 2 aromatic carbocycles. The van der Waals surface area contributed by atoms with Gasteiger partial charge in [0.25, 0.3) is 0 Å². The van der Waals surface area contributed by atoms with E-state index in [4.69, 9.17) is 4.52 Å². The van der Waals surface area contributed by atoms with Gasteiger partial charge in [-0.25, -0.2) is 13.2 Å². The molecule has 102 valence electrons. The molecule has 0 spiro atoms. The molecule has 0 aliphatic rings. The highest BCUT2D eigenvalue weighted by Crippen LogP contribution is 2.24. The molecule has 1 N–H and O–H groups in total. The van der Waals surface area contributed by atoms with Gasteiger partial charge >= 0.3 is 0 Å². The summed E-state index contributed by atoms with van der Waals surface area (Å²) in [5.41, 5.74) is 0.982. The van der Waals surface area contributed by atoms with Crippen molar-refractivity contribution >= 4 is 16.8 Å². The maximum atomic E-state index is 13.2. The van der Waals surface area contributed by atoms with E-state index in [0.29, 0.717) is 22.4 Å². The number of rotatable bonds is 3. The van der Waals surface area contributed by atoms with Gasteiger partial charge in [-0.05, 0) is 35.9 Å². The molecule has 0 amide bonds. The monoisotopic (exact) mass is 278 g/mol. The summed E-state index contributed by atoms with van der Waals surface area (Å²) in [6, 6.07) is 7.62. The van der Waals surface area contributed by atoms with Crippen molar-refractivity contribution in [1.29, 1.82) is 0 Å². The highest BCUT2D eigenvalue weighted by atomic mass is 19.2. The van der Waals surface area contributed by atoms with E-state index in [2.05, 4.69) is 10.5 Å². The van der Waals surface area contributed by atoms with Crippen LogP contribution in [0.15, 0.2) is 40.9 Å². The molecule has 0 saturated heterocycles. The molecule has 0 aliphatic carbocycles. The summed E-state index contributed by atoms with van der Waals surface area (Å²) in [5, 5.41) is 7.16. The minimum atomic E-state index is -0.916. The standard InChI is InChI=1S/C14H9F3N2O/c15-9-2-4-13-10(6-9)14(19-20-13)18-7-8-1-3-11(16)12(17)5-8/h1-6H,7H2,(H,18,19). The Morgan fingerprint density at radius 1 is 1.00 bits per heavy atom. The van der Waals surface area contributed by atoms with Gasteiger partial charge in [0.15, 0.2) is 23.0 Å². The van der Waals surface area contributed by atoms with Crippen LogP contribution in [-0.4, -0.2) is 5.16 Å². The topological polar surface area (TPSA) is 38.1 Å². The zero-order valence-electron chi connectivity index (χ0n) is 10.2. The Morgan fingerprint density at radius 2 is 1.85 bits per heavy atom. The lowest BCUT2D eigenvalue weighted by Crippen LogP contribution is -2.01. The number of nitrogens with one attached hydrogen (secondary N) is 1. The predicted molar refractivity (Wildman–Crippen MR) is 67.7 cm³/mol. The molecule has 6 heteroatoms. The molecular weight excluding hydrogens is 269 g/mol. The largest absolute Gasteiger partial charge is 0.363 e. The molecule has 0 atom stereocenters. The van der Waals surface area contributed by atoms with Gasteiger partial charge in [0.1, 0.15) is 5.82 Å². The first-order valence-electron chi connectivity index (χ1n) is 5.86. The van der Waals surface area contributed by atoms with Gasteiger partial charge < -0.3 is 9.84 Å². The van der Waals surface area contributed by atoms with Crippen molar-refractivity contribution in [3.05, 3.63) is 59.4 Å². The van der Waals surface area contributed by atoms with Crippen molar-refractivity contribution in [3.63, 3.8) is 0 Å². The second kappa shape index (κ2) is 4.88. The van der Waals surface area contributed by atoms with Gasteiger partial charge in [-0.2, -0.15) is 0 Å². The van der Waals surface area contributed by atoms with Gasteiger partial charge in [-0.15, -0.1) is 0 Å². The van der Waals surface area contributed by atoms with Crippen LogP contribution in [0.2, 0.25) is 0 Å². The average Bonchev–Trinajstić information content (AvgIpc) is 2.82. The normalized spacial score (nSPS) is 10.9. The molecular formula is C14H9F3N2O. The molecule has 3 rings (SSSR count). The summed E-state index contributed by atoms with van der Waals surface area (Å²) in [6.45, 7) is 0.218. The third-order valence-corrected chi connectivity index (χ3v) is 2.88. The molecule has 3 nitrogen and oxygen atoms in total. The molecule has 0 fully saturated rings. The fourth-order valence-electron chi connectivity index (χ4n) is 1.87. The Morgan fingerprint density at radius 3 is 2.65 bits per heavy atom. The number of hydrogen-bond donors (Lipinski definition) is 1. The van der Waals surface area contributed by atoms with Crippen molar-refractivity contribution in [2.75, 3.05) is 5.32 Å². The number of fused-ring (bicyclic) bond motifs is 1. The maximum Gasteiger partial charge on any atom is 0.177 e. The van der Waals surface area contributed by atoms with Gasteiger partial charge in [0, 0.05) is 6.54 Å². The van der Waals surface area contributed by atoms with E-state index in [1.54, 1.807) is 0 Å². The van der Waals surface area contributed by atoms with Crippen molar-refractivity contribution in [1.82, 2.24) is 5.16 Å². The van der Waals surface area contributed by atoms with Crippen LogP contribution in [0.25, 0.3) is 11.0 Å². The third kappa shape index (κ3) is 2.32. The molecule has 1 heterocycles. The van der Waals surface area contributed by atoms with Crippen LogP contribution in [0, 0.1) is 17.5 Å². The maximum absolute atomic E-state index is 13.2. The third-order valence-electron chi connectivity index (χ3n) is 2.88. The van der Waals surface area contributed by atoms with E-state index in [-0.39, 0.29) is 6.54 Å². The summed E-state index contributed by atoms with van der Waals surface area (Å²) in [7, 11) is 0. The second-order valence-corrected chi connectivity index (χ2v) is 4.27. The highest BCUT2D eigenvalue weighted by Gasteiger charge is 2.09. The average molecular weight is 278 g/mol. The minimum Gasteiger partial charge on any atom is -0.363 e. The first-order valence-corrected chi connectivity index (χ1v) is 5.86. The zero-order valence-corrected chi connectivity index (χ0v) is 10.2. The van der Waals surface area contributed by atoms with Crippen molar-refractivity contribution < 1.29 is 17.7 Å².